The molecule has 0 fully saturated rings. The van der Waals surface area contributed by atoms with Crippen molar-refractivity contribution in [2.45, 2.75) is 13.3 Å². The molecule has 26 heavy (non-hydrogen) atoms. The van der Waals surface area contributed by atoms with Gasteiger partial charge in [0.05, 0.1) is 12.1 Å². The van der Waals surface area contributed by atoms with E-state index in [1.54, 1.807) is 12.1 Å². The molecule has 6 heteroatoms. The molecule has 0 saturated carbocycles. The van der Waals surface area contributed by atoms with Crippen molar-refractivity contribution in [3.05, 3.63) is 77.2 Å². The third-order valence-electron chi connectivity index (χ3n) is 4.08. The van der Waals surface area contributed by atoms with Crippen molar-refractivity contribution in [2.75, 3.05) is 5.32 Å². The number of fused-ring (bicyclic) bond motifs is 1. The van der Waals surface area contributed by atoms with E-state index in [1.807, 2.05) is 35.0 Å². The van der Waals surface area contributed by atoms with Gasteiger partial charge in [0.25, 0.3) is 0 Å². The molecule has 130 valence electrons. The number of amides is 1. The van der Waals surface area contributed by atoms with Crippen LogP contribution in [0.5, 0.6) is 0 Å². The fourth-order valence-electron chi connectivity index (χ4n) is 2.76. The number of carbonyl (C=O) groups excluding carboxylic acids is 1. The Hall–Kier alpha value is -2.99. The molecule has 0 spiro atoms. The molecule has 4 aromatic rings. The van der Waals surface area contributed by atoms with Crippen molar-refractivity contribution in [2.24, 2.45) is 0 Å². The van der Waals surface area contributed by atoms with Gasteiger partial charge in [0, 0.05) is 28.5 Å². The largest absolute Gasteiger partial charge is 0.326 e. The van der Waals surface area contributed by atoms with Gasteiger partial charge in [-0.25, -0.2) is 9.37 Å². The highest BCUT2D eigenvalue weighted by Crippen LogP contribution is 2.24. The number of carbonyl (C=O) groups is 1. The molecular weight excluding hydrogens is 349 g/mol. The van der Waals surface area contributed by atoms with Crippen LogP contribution in [-0.4, -0.2) is 15.3 Å². The first-order valence-corrected chi connectivity index (χ1v) is 9.04. The monoisotopic (exact) mass is 365 g/mol. The zero-order valence-corrected chi connectivity index (χ0v) is 14.9. The summed E-state index contributed by atoms with van der Waals surface area (Å²) < 4.78 is 15.2. The van der Waals surface area contributed by atoms with Crippen molar-refractivity contribution in [3.63, 3.8) is 0 Å². The van der Waals surface area contributed by atoms with Crippen molar-refractivity contribution in [1.29, 1.82) is 0 Å². The van der Waals surface area contributed by atoms with E-state index in [-0.39, 0.29) is 18.1 Å². The summed E-state index contributed by atoms with van der Waals surface area (Å²) >= 11 is 1.50. The molecule has 4 nitrogen and oxygen atoms in total. The number of anilines is 1. The lowest BCUT2D eigenvalue weighted by Gasteiger charge is -2.04. The molecule has 0 atom stereocenters. The van der Waals surface area contributed by atoms with Crippen LogP contribution in [0.1, 0.15) is 11.3 Å². The molecule has 0 bridgehead atoms. The summed E-state index contributed by atoms with van der Waals surface area (Å²) in [7, 11) is 0. The van der Waals surface area contributed by atoms with E-state index in [0.717, 1.165) is 21.9 Å². The molecular formula is C20H16FN3OS. The minimum atomic E-state index is -0.377. The molecule has 0 saturated heterocycles. The van der Waals surface area contributed by atoms with Gasteiger partial charge in [0.2, 0.25) is 5.91 Å². The lowest BCUT2D eigenvalue weighted by molar-refractivity contribution is -0.115. The van der Waals surface area contributed by atoms with E-state index in [9.17, 15) is 9.18 Å². The molecule has 2 aromatic heterocycles. The SMILES string of the molecule is Cc1ccc(-c2cn3c(CC(=O)Nc4cccc(F)c4)csc3n2)cc1. The van der Waals surface area contributed by atoms with Gasteiger partial charge >= 0.3 is 0 Å². The van der Waals surface area contributed by atoms with Crippen LogP contribution in [0.15, 0.2) is 60.1 Å². The summed E-state index contributed by atoms with van der Waals surface area (Å²) in [5.74, 6) is -0.570. The summed E-state index contributed by atoms with van der Waals surface area (Å²) in [6.07, 6.45) is 2.14. The lowest BCUT2D eigenvalue weighted by atomic mass is 10.1. The number of hydrogen-bond donors (Lipinski definition) is 1. The fourth-order valence-corrected chi connectivity index (χ4v) is 3.63. The Morgan fingerprint density at radius 1 is 1.23 bits per heavy atom. The molecule has 0 aliphatic carbocycles. The fraction of sp³-hybridized carbons (Fsp3) is 0.100. The first-order valence-electron chi connectivity index (χ1n) is 8.16. The Morgan fingerprint density at radius 2 is 2.04 bits per heavy atom. The Labute approximate surface area is 153 Å². The molecule has 0 unspecified atom stereocenters. The van der Waals surface area contributed by atoms with Crippen LogP contribution in [-0.2, 0) is 11.2 Å². The quantitative estimate of drug-likeness (QED) is 0.570. The Bertz CT molecular complexity index is 1080. The van der Waals surface area contributed by atoms with Crippen LogP contribution in [0.2, 0.25) is 0 Å². The number of nitrogens with one attached hydrogen (secondary N) is 1. The smallest absolute Gasteiger partial charge is 0.230 e. The van der Waals surface area contributed by atoms with Gasteiger partial charge in [-0.05, 0) is 25.1 Å². The standard InChI is InChI=1S/C20H16FN3OS/c1-13-5-7-14(8-6-13)18-11-24-17(12-26-20(24)23-18)10-19(25)22-16-4-2-3-15(21)9-16/h2-9,11-12H,10H2,1H3,(H,22,25). The number of halogens is 1. The summed E-state index contributed by atoms with van der Waals surface area (Å²) in [5.41, 5.74) is 4.42. The molecule has 0 aliphatic heterocycles. The van der Waals surface area contributed by atoms with Crippen LogP contribution < -0.4 is 5.32 Å². The van der Waals surface area contributed by atoms with Crippen LogP contribution in [0.4, 0.5) is 10.1 Å². The topological polar surface area (TPSA) is 46.4 Å². The van der Waals surface area contributed by atoms with Crippen molar-refractivity contribution >= 4 is 27.9 Å². The zero-order valence-electron chi connectivity index (χ0n) is 14.1. The van der Waals surface area contributed by atoms with Crippen LogP contribution in [0.25, 0.3) is 16.2 Å². The molecule has 0 aliphatic rings. The predicted molar refractivity (Wildman–Crippen MR) is 102 cm³/mol. The molecule has 1 N–H and O–H groups in total. The van der Waals surface area contributed by atoms with Crippen molar-refractivity contribution < 1.29 is 9.18 Å². The van der Waals surface area contributed by atoms with Gasteiger partial charge < -0.3 is 5.32 Å². The van der Waals surface area contributed by atoms with E-state index in [1.165, 1.54) is 29.0 Å². The second-order valence-corrected chi connectivity index (χ2v) is 6.94. The Morgan fingerprint density at radius 3 is 2.81 bits per heavy atom. The maximum absolute atomic E-state index is 13.2. The normalized spacial score (nSPS) is 11.0. The van der Waals surface area contributed by atoms with Gasteiger partial charge in [-0.3, -0.25) is 9.20 Å². The van der Waals surface area contributed by atoms with Crippen molar-refractivity contribution in [1.82, 2.24) is 9.38 Å². The van der Waals surface area contributed by atoms with Crippen LogP contribution >= 0.6 is 11.3 Å². The molecule has 4 rings (SSSR count). The summed E-state index contributed by atoms with van der Waals surface area (Å²) in [5, 5.41) is 4.65. The highest BCUT2D eigenvalue weighted by Gasteiger charge is 2.13. The first-order chi connectivity index (χ1) is 12.6. The molecule has 0 radical (unpaired) electrons. The highest BCUT2D eigenvalue weighted by molar-refractivity contribution is 7.15. The Balaban J connectivity index is 1.55. The Kier molecular flexibility index (Phi) is 4.26. The third kappa shape index (κ3) is 3.36. The number of nitrogens with zero attached hydrogens (tertiary/aromatic N) is 2. The maximum atomic E-state index is 13.2. The van der Waals surface area contributed by atoms with E-state index >= 15 is 0 Å². The molecule has 2 aromatic carbocycles. The lowest BCUT2D eigenvalue weighted by Crippen LogP contribution is -2.15. The molecule has 1 amide bonds. The number of benzene rings is 2. The van der Waals surface area contributed by atoms with Gasteiger partial charge in [-0.2, -0.15) is 0 Å². The van der Waals surface area contributed by atoms with Crippen molar-refractivity contribution in [3.8, 4) is 11.3 Å². The second-order valence-electron chi connectivity index (χ2n) is 6.11. The zero-order chi connectivity index (χ0) is 18.1. The summed E-state index contributed by atoms with van der Waals surface area (Å²) in [6, 6.07) is 14.1. The number of imidazole rings is 1. The minimum absolute atomic E-state index is 0.194. The van der Waals surface area contributed by atoms with Crippen LogP contribution in [0.3, 0.4) is 0 Å². The van der Waals surface area contributed by atoms with Gasteiger partial charge in [0.15, 0.2) is 4.96 Å². The van der Waals surface area contributed by atoms with E-state index in [0.29, 0.717) is 5.69 Å². The van der Waals surface area contributed by atoms with Crippen LogP contribution in [0, 0.1) is 12.7 Å². The predicted octanol–water partition coefficient (Wildman–Crippen LogP) is 4.69. The minimum Gasteiger partial charge on any atom is -0.326 e. The summed E-state index contributed by atoms with van der Waals surface area (Å²) in [4.78, 5) is 17.8. The first kappa shape index (κ1) is 16.5. The number of rotatable bonds is 4. The maximum Gasteiger partial charge on any atom is 0.230 e. The average molecular weight is 365 g/mol. The number of aryl methyl sites for hydroxylation is 1. The molecule has 2 heterocycles. The van der Waals surface area contributed by atoms with E-state index in [4.69, 9.17) is 0 Å². The second kappa shape index (κ2) is 6.72. The van der Waals surface area contributed by atoms with Gasteiger partial charge in [-0.1, -0.05) is 35.9 Å². The highest BCUT2D eigenvalue weighted by atomic mass is 32.1. The van der Waals surface area contributed by atoms with Gasteiger partial charge in [0.1, 0.15) is 5.82 Å². The number of hydrogen-bond acceptors (Lipinski definition) is 3. The van der Waals surface area contributed by atoms with E-state index in [2.05, 4.69) is 22.4 Å². The average Bonchev–Trinajstić information content (AvgIpc) is 3.18. The number of aromatic nitrogens is 2. The van der Waals surface area contributed by atoms with Gasteiger partial charge in [-0.15, -0.1) is 11.3 Å². The summed E-state index contributed by atoms with van der Waals surface area (Å²) in [6.45, 7) is 2.05. The third-order valence-corrected chi connectivity index (χ3v) is 4.97. The van der Waals surface area contributed by atoms with E-state index < -0.39 is 0 Å². The number of thiazole rings is 1.